The molecule has 0 radical (unpaired) electrons. The molecular formula is C13H13N3O. The lowest BCUT2D eigenvalue weighted by molar-refractivity contribution is -0.117. The zero-order valence-corrected chi connectivity index (χ0v) is 9.26. The monoisotopic (exact) mass is 227 g/mol. The van der Waals surface area contributed by atoms with Crippen molar-refractivity contribution in [1.29, 1.82) is 0 Å². The Morgan fingerprint density at radius 3 is 2.47 bits per heavy atom. The summed E-state index contributed by atoms with van der Waals surface area (Å²) >= 11 is 0. The molecular weight excluding hydrogens is 214 g/mol. The molecule has 17 heavy (non-hydrogen) atoms. The first-order valence-corrected chi connectivity index (χ1v) is 5.25. The van der Waals surface area contributed by atoms with Crippen LogP contribution in [0.1, 0.15) is 5.56 Å². The molecule has 0 aliphatic heterocycles. The van der Waals surface area contributed by atoms with Gasteiger partial charge in [0, 0.05) is 0 Å². The van der Waals surface area contributed by atoms with Gasteiger partial charge in [-0.1, -0.05) is 42.5 Å². The van der Waals surface area contributed by atoms with Crippen molar-refractivity contribution >= 4 is 22.6 Å². The first-order valence-electron chi connectivity index (χ1n) is 5.25. The Labute approximate surface area is 98.9 Å². The highest BCUT2D eigenvalue weighted by molar-refractivity contribution is 5.93. The molecule has 0 aliphatic carbocycles. The van der Waals surface area contributed by atoms with Crippen LogP contribution in [0.2, 0.25) is 0 Å². The number of amides is 1. The average Bonchev–Trinajstić information content (AvgIpc) is 2.27. The molecule has 2 rings (SSSR count). The lowest BCUT2D eigenvalue weighted by Gasteiger charge is -2.01. The number of hydrogen-bond donors (Lipinski definition) is 2. The lowest BCUT2D eigenvalue weighted by Crippen LogP contribution is -2.24. The van der Waals surface area contributed by atoms with Crippen molar-refractivity contribution in [2.45, 2.75) is 6.42 Å². The first kappa shape index (κ1) is 11.1. The van der Waals surface area contributed by atoms with Gasteiger partial charge in [0.1, 0.15) is 0 Å². The highest BCUT2D eigenvalue weighted by Gasteiger charge is 2.03. The molecule has 0 atom stereocenters. The summed E-state index contributed by atoms with van der Waals surface area (Å²) in [5, 5.41) is 2.24. The van der Waals surface area contributed by atoms with Crippen LogP contribution < -0.4 is 11.5 Å². The van der Waals surface area contributed by atoms with E-state index in [1.54, 1.807) is 0 Å². The zero-order chi connectivity index (χ0) is 12.3. The number of carbonyl (C=O) groups excluding carboxylic acids is 1. The Balaban J connectivity index is 2.25. The van der Waals surface area contributed by atoms with Gasteiger partial charge in [-0.3, -0.25) is 4.79 Å². The van der Waals surface area contributed by atoms with Crippen LogP contribution in [0.25, 0.3) is 10.8 Å². The van der Waals surface area contributed by atoms with E-state index >= 15 is 0 Å². The molecule has 0 aromatic heterocycles. The number of rotatable bonds is 2. The molecule has 0 saturated carbocycles. The van der Waals surface area contributed by atoms with Gasteiger partial charge in [0.2, 0.25) is 0 Å². The van der Waals surface area contributed by atoms with Gasteiger partial charge in [-0.2, -0.15) is 4.99 Å². The normalized spacial score (nSPS) is 10.1. The van der Waals surface area contributed by atoms with Crippen LogP contribution in [0, 0.1) is 0 Å². The summed E-state index contributed by atoms with van der Waals surface area (Å²) in [6, 6.07) is 13.8. The fourth-order valence-corrected chi connectivity index (χ4v) is 1.71. The molecule has 0 spiro atoms. The number of benzene rings is 2. The molecule has 0 saturated heterocycles. The molecule has 1 amide bonds. The second-order valence-corrected chi connectivity index (χ2v) is 3.79. The van der Waals surface area contributed by atoms with Gasteiger partial charge in [0.05, 0.1) is 6.42 Å². The molecule has 0 heterocycles. The van der Waals surface area contributed by atoms with Crippen LogP contribution in [-0.4, -0.2) is 11.9 Å². The van der Waals surface area contributed by atoms with Crippen molar-refractivity contribution in [3.63, 3.8) is 0 Å². The highest BCUT2D eigenvalue weighted by atomic mass is 16.1. The first-order chi connectivity index (χ1) is 8.15. The minimum atomic E-state index is -0.333. The molecule has 86 valence electrons. The largest absolute Gasteiger partial charge is 0.370 e. The van der Waals surface area contributed by atoms with E-state index in [1.807, 2.05) is 42.5 Å². The second-order valence-electron chi connectivity index (χ2n) is 3.79. The van der Waals surface area contributed by atoms with Crippen LogP contribution >= 0.6 is 0 Å². The minimum Gasteiger partial charge on any atom is -0.370 e. The Bertz CT molecular complexity index is 586. The maximum atomic E-state index is 11.4. The van der Waals surface area contributed by atoms with E-state index in [0.717, 1.165) is 16.3 Å². The van der Waals surface area contributed by atoms with E-state index in [9.17, 15) is 4.79 Å². The van der Waals surface area contributed by atoms with E-state index in [4.69, 9.17) is 11.5 Å². The molecule has 0 aliphatic rings. The van der Waals surface area contributed by atoms with Gasteiger partial charge in [0.15, 0.2) is 5.96 Å². The third kappa shape index (κ3) is 2.81. The third-order valence-electron chi connectivity index (χ3n) is 2.42. The van der Waals surface area contributed by atoms with E-state index < -0.39 is 0 Å². The van der Waals surface area contributed by atoms with Crippen molar-refractivity contribution in [1.82, 2.24) is 0 Å². The van der Waals surface area contributed by atoms with E-state index in [-0.39, 0.29) is 18.3 Å². The number of nitrogens with two attached hydrogens (primary N) is 2. The summed E-state index contributed by atoms with van der Waals surface area (Å²) < 4.78 is 0. The number of nitrogens with zero attached hydrogens (tertiary/aromatic N) is 1. The minimum absolute atomic E-state index is 0.198. The van der Waals surface area contributed by atoms with Crippen LogP contribution in [0.4, 0.5) is 0 Å². The van der Waals surface area contributed by atoms with E-state index in [1.165, 1.54) is 0 Å². The summed E-state index contributed by atoms with van der Waals surface area (Å²) in [6.07, 6.45) is 0.211. The van der Waals surface area contributed by atoms with Gasteiger partial charge in [0.25, 0.3) is 5.91 Å². The van der Waals surface area contributed by atoms with Gasteiger partial charge in [-0.25, -0.2) is 0 Å². The van der Waals surface area contributed by atoms with Gasteiger partial charge in [-0.15, -0.1) is 0 Å². The molecule has 0 fully saturated rings. The average molecular weight is 227 g/mol. The molecule has 2 aromatic rings. The number of hydrogen-bond acceptors (Lipinski definition) is 1. The maximum absolute atomic E-state index is 11.4. The van der Waals surface area contributed by atoms with Crippen LogP contribution in [0.3, 0.4) is 0 Å². The predicted molar refractivity (Wildman–Crippen MR) is 68.5 cm³/mol. The number of aliphatic imine (C=N–C) groups is 1. The molecule has 2 aromatic carbocycles. The van der Waals surface area contributed by atoms with Crippen LogP contribution in [0.15, 0.2) is 47.5 Å². The predicted octanol–water partition coefficient (Wildman–Crippen LogP) is 1.18. The quantitative estimate of drug-likeness (QED) is 0.597. The second kappa shape index (κ2) is 4.65. The molecule has 0 unspecified atom stereocenters. The lowest BCUT2D eigenvalue weighted by atomic mass is 10.1. The summed E-state index contributed by atoms with van der Waals surface area (Å²) in [6.45, 7) is 0. The highest BCUT2D eigenvalue weighted by Crippen LogP contribution is 2.16. The smallest absolute Gasteiger partial charge is 0.253 e. The molecule has 0 bridgehead atoms. The third-order valence-corrected chi connectivity index (χ3v) is 2.42. The van der Waals surface area contributed by atoms with E-state index in [0.29, 0.717) is 0 Å². The Morgan fingerprint density at radius 1 is 1.06 bits per heavy atom. The molecule has 4 N–H and O–H groups in total. The van der Waals surface area contributed by atoms with Crippen molar-refractivity contribution in [2.75, 3.05) is 0 Å². The maximum Gasteiger partial charge on any atom is 0.253 e. The fourth-order valence-electron chi connectivity index (χ4n) is 1.71. The number of guanidine groups is 1. The van der Waals surface area contributed by atoms with Crippen molar-refractivity contribution in [3.8, 4) is 0 Å². The summed E-state index contributed by atoms with van der Waals surface area (Å²) in [7, 11) is 0. The van der Waals surface area contributed by atoms with Crippen LogP contribution in [-0.2, 0) is 11.2 Å². The fraction of sp³-hybridized carbons (Fsp3) is 0.0769. The molecule has 4 heteroatoms. The van der Waals surface area contributed by atoms with Crippen molar-refractivity contribution in [3.05, 3.63) is 48.0 Å². The topological polar surface area (TPSA) is 81.5 Å². The van der Waals surface area contributed by atoms with Crippen molar-refractivity contribution in [2.24, 2.45) is 16.5 Å². The molecule has 4 nitrogen and oxygen atoms in total. The van der Waals surface area contributed by atoms with Crippen LogP contribution in [0.5, 0.6) is 0 Å². The standard InChI is InChI=1S/C13H13N3O/c14-13(15)16-12(17)8-9-5-6-10-3-1-2-4-11(10)7-9/h1-7H,8H2,(H4,14,15,16,17). The summed E-state index contributed by atoms with van der Waals surface area (Å²) in [4.78, 5) is 14.9. The Morgan fingerprint density at radius 2 is 1.76 bits per heavy atom. The Kier molecular flexibility index (Phi) is 3.05. The summed E-state index contributed by atoms with van der Waals surface area (Å²) in [5.74, 6) is -0.531. The number of fused-ring (bicyclic) bond motifs is 1. The van der Waals surface area contributed by atoms with Crippen molar-refractivity contribution < 1.29 is 4.79 Å². The summed E-state index contributed by atoms with van der Waals surface area (Å²) in [5.41, 5.74) is 11.2. The number of carbonyl (C=O) groups is 1. The SMILES string of the molecule is NC(N)=NC(=O)Cc1ccc2ccccc2c1. The van der Waals surface area contributed by atoms with Gasteiger partial charge >= 0.3 is 0 Å². The van der Waals surface area contributed by atoms with Gasteiger partial charge in [-0.05, 0) is 16.3 Å². The van der Waals surface area contributed by atoms with E-state index in [2.05, 4.69) is 4.99 Å². The Hall–Kier alpha value is -2.36. The van der Waals surface area contributed by atoms with Gasteiger partial charge < -0.3 is 11.5 Å². The zero-order valence-electron chi connectivity index (χ0n) is 9.26.